The summed E-state index contributed by atoms with van der Waals surface area (Å²) in [6.45, 7) is 6.20. The smallest absolute Gasteiger partial charge is 0.261 e. The summed E-state index contributed by atoms with van der Waals surface area (Å²) < 4.78 is 40.0. The average molecular weight is 350 g/mol. The molecular formula is C18H23FN2O2S. The molecule has 0 aliphatic heterocycles. The average Bonchev–Trinajstić information content (AvgIpc) is 2.55. The lowest BCUT2D eigenvalue weighted by atomic mass is 10.2. The van der Waals surface area contributed by atoms with E-state index < -0.39 is 15.8 Å². The van der Waals surface area contributed by atoms with Crippen LogP contribution in [-0.4, -0.2) is 21.5 Å². The first-order valence-corrected chi connectivity index (χ1v) is 9.58. The molecule has 6 heteroatoms. The van der Waals surface area contributed by atoms with Crippen LogP contribution >= 0.6 is 0 Å². The van der Waals surface area contributed by atoms with Crippen molar-refractivity contribution >= 4 is 21.4 Å². The van der Waals surface area contributed by atoms with E-state index in [0.717, 1.165) is 43.8 Å². The third-order valence-corrected chi connectivity index (χ3v) is 4.99. The van der Waals surface area contributed by atoms with Gasteiger partial charge < -0.3 is 4.90 Å². The molecule has 0 aromatic heterocycles. The lowest BCUT2D eigenvalue weighted by molar-refractivity contribution is 0.599. The van der Waals surface area contributed by atoms with Crippen LogP contribution < -0.4 is 9.62 Å². The highest BCUT2D eigenvalue weighted by molar-refractivity contribution is 7.92. The Balaban J connectivity index is 2.14. The third kappa shape index (κ3) is 4.71. The summed E-state index contributed by atoms with van der Waals surface area (Å²) >= 11 is 0. The van der Waals surface area contributed by atoms with Gasteiger partial charge in [0, 0.05) is 24.5 Å². The van der Waals surface area contributed by atoms with E-state index in [2.05, 4.69) is 23.5 Å². The van der Waals surface area contributed by atoms with Crippen molar-refractivity contribution in [3.8, 4) is 0 Å². The van der Waals surface area contributed by atoms with Crippen LogP contribution in [0.4, 0.5) is 15.8 Å². The molecule has 0 bridgehead atoms. The first-order chi connectivity index (χ1) is 11.5. The number of anilines is 2. The summed E-state index contributed by atoms with van der Waals surface area (Å²) in [5, 5.41) is 0. The zero-order valence-corrected chi connectivity index (χ0v) is 14.8. The lowest BCUT2D eigenvalue weighted by Gasteiger charge is -2.24. The second-order valence-electron chi connectivity index (χ2n) is 5.59. The van der Waals surface area contributed by atoms with Gasteiger partial charge in [0.15, 0.2) is 0 Å². The van der Waals surface area contributed by atoms with Gasteiger partial charge in [-0.15, -0.1) is 0 Å². The van der Waals surface area contributed by atoms with Crippen molar-refractivity contribution in [1.82, 2.24) is 0 Å². The van der Waals surface area contributed by atoms with E-state index in [-0.39, 0.29) is 4.90 Å². The fraction of sp³-hybridized carbons (Fsp3) is 0.333. The van der Waals surface area contributed by atoms with Gasteiger partial charge in [0.1, 0.15) is 5.82 Å². The number of nitrogens with one attached hydrogen (secondary N) is 1. The highest BCUT2D eigenvalue weighted by Gasteiger charge is 2.14. The predicted molar refractivity (Wildman–Crippen MR) is 96.4 cm³/mol. The predicted octanol–water partition coefficient (Wildman–Crippen LogP) is 4.25. The van der Waals surface area contributed by atoms with Crippen LogP contribution in [0.1, 0.15) is 26.7 Å². The summed E-state index contributed by atoms with van der Waals surface area (Å²) in [5.41, 5.74) is 1.56. The largest absolute Gasteiger partial charge is 0.372 e. The number of halogens is 1. The van der Waals surface area contributed by atoms with E-state index in [9.17, 15) is 12.8 Å². The Hall–Kier alpha value is -2.08. The summed E-state index contributed by atoms with van der Waals surface area (Å²) in [6.07, 6.45) is 2.11. The Morgan fingerprint density at radius 2 is 1.46 bits per heavy atom. The zero-order valence-electron chi connectivity index (χ0n) is 14.0. The minimum absolute atomic E-state index is 0.0339. The molecule has 130 valence electrons. The van der Waals surface area contributed by atoms with Gasteiger partial charge in [-0.2, -0.15) is 0 Å². The van der Waals surface area contributed by atoms with Gasteiger partial charge in [-0.3, -0.25) is 4.72 Å². The van der Waals surface area contributed by atoms with Crippen LogP contribution in [0.25, 0.3) is 0 Å². The Labute approximate surface area is 143 Å². The van der Waals surface area contributed by atoms with E-state index in [4.69, 9.17) is 0 Å². The van der Waals surface area contributed by atoms with E-state index >= 15 is 0 Å². The van der Waals surface area contributed by atoms with Crippen molar-refractivity contribution in [3.63, 3.8) is 0 Å². The molecular weight excluding hydrogens is 327 g/mol. The maximum Gasteiger partial charge on any atom is 0.261 e. The molecule has 0 aliphatic rings. The topological polar surface area (TPSA) is 49.4 Å². The standard InChI is InChI=1S/C18H23FN2O2S/c1-3-13-21(14-4-2)17-9-7-16(8-10-17)20-24(22,23)18-11-5-15(19)6-12-18/h5-12,20H,3-4,13-14H2,1-2H3. The van der Waals surface area contributed by atoms with Crippen LogP contribution in [0, 0.1) is 5.82 Å². The second kappa shape index (κ2) is 8.15. The molecule has 1 N–H and O–H groups in total. The van der Waals surface area contributed by atoms with E-state index in [1.165, 1.54) is 12.1 Å². The molecule has 2 aromatic carbocycles. The molecule has 0 saturated heterocycles. The fourth-order valence-electron chi connectivity index (χ4n) is 2.48. The molecule has 2 aromatic rings. The van der Waals surface area contributed by atoms with Crippen LogP contribution in [0.15, 0.2) is 53.4 Å². The minimum Gasteiger partial charge on any atom is -0.372 e. The summed E-state index contributed by atoms with van der Waals surface area (Å²) in [5.74, 6) is -0.467. The molecule has 0 fully saturated rings. The van der Waals surface area contributed by atoms with Gasteiger partial charge >= 0.3 is 0 Å². The minimum atomic E-state index is -3.71. The SMILES string of the molecule is CCCN(CCC)c1ccc(NS(=O)(=O)c2ccc(F)cc2)cc1. The monoisotopic (exact) mass is 350 g/mol. The van der Waals surface area contributed by atoms with Gasteiger partial charge in [0.2, 0.25) is 0 Å². The maximum atomic E-state index is 12.9. The van der Waals surface area contributed by atoms with Gasteiger partial charge in [-0.25, -0.2) is 12.8 Å². The Kier molecular flexibility index (Phi) is 6.20. The van der Waals surface area contributed by atoms with Gasteiger partial charge in [-0.05, 0) is 61.4 Å². The summed E-state index contributed by atoms with van der Waals surface area (Å²) in [7, 11) is -3.71. The van der Waals surface area contributed by atoms with Crippen molar-refractivity contribution in [3.05, 3.63) is 54.3 Å². The van der Waals surface area contributed by atoms with Crippen LogP contribution in [0.3, 0.4) is 0 Å². The highest BCUT2D eigenvalue weighted by atomic mass is 32.2. The molecule has 0 unspecified atom stereocenters. The van der Waals surface area contributed by atoms with Crippen LogP contribution in [-0.2, 0) is 10.0 Å². The number of hydrogen-bond donors (Lipinski definition) is 1. The number of sulfonamides is 1. The Morgan fingerprint density at radius 3 is 1.96 bits per heavy atom. The maximum absolute atomic E-state index is 12.9. The normalized spacial score (nSPS) is 11.3. The van der Waals surface area contributed by atoms with Crippen molar-refractivity contribution in [1.29, 1.82) is 0 Å². The molecule has 0 aliphatic carbocycles. The molecule has 24 heavy (non-hydrogen) atoms. The molecule has 0 amide bonds. The first kappa shape index (κ1) is 18.3. The molecule has 4 nitrogen and oxygen atoms in total. The fourth-order valence-corrected chi connectivity index (χ4v) is 3.54. The zero-order chi connectivity index (χ0) is 17.6. The van der Waals surface area contributed by atoms with Gasteiger partial charge in [0.25, 0.3) is 10.0 Å². The van der Waals surface area contributed by atoms with E-state index in [0.29, 0.717) is 5.69 Å². The van der Waals surface area contributed by atoms with Gasteiger partial charge in [-0.1, -0.05) is 13.8 Å². The Morgan fingerprint density at radius 1 is 0.917 bits per heavy atom. The molecule has 0 radical (unpaired) electrons. The third-order valence-electron chi connectivity index (χ3n) is 3.60. The van der Waals surface area contributed by atoms with Gasteiger partial charge in [0.05, 0.1) is 4.90 Å². The summed E-state index contributed by atoms with van der Waals surface area (Å²) in [6, 6.07) is 12.1. The number of nitrogens with zero attached hydrogens (tertiary/aromatic N) is 1. The molecule has 0 spiro atoms. The molecule has 2 rings (SSSR count). The number of benzene rings is 2. The van der Waals surface area contributed by atoms with E-state index in [1.807, 2.05) is 12.1 Å². The van der Waals surface area contributed by atoms with Crippen LogP contribution in [0.5, 0.6) is 0 Å². The highest BCUT2D eigenvalue weighted by Crippen LogP contribution is 2.21. The second-order valence-corrected chi connectivity index (χ2v) is 7.28. The molecule has 0 heterocycles. The lowest BCUT2D eigenvalue weighted by Crippen LogP contribution is -2.24. The van der Waals surface area contributed by atoms with Crippen molar-refractivity contribution in [2.75, 3.05) is 22.7 Å². The number of hydrogen-bond acceptors (Lipinski definition) is 3. The van der Waals surface area contributed by atoms with E-state index in [1.54, 1.807) is 12.1 Å². The Bertz CT molecular complexity index is 738. The van der Waals surface area contributed by atoms with Crippen molar-refractivity contribution < 1.29 is 12.8 Å². The van der Waals surface area contributed by atoms with Crippen molar-refractivity contribution in [2.24, 2.45) is 0 Å². The quantitative estimate of drug-likeness (QED) is 0.774. The first-order valence-electron chi connectivity index (χ1n) is 8.09. The van der Waals surface area contributed by atoms with Crippen LogP contribution in [0.2, 0.25) is 0 Å². The summed E-state index contributed by atoms with van der Waals surface area (Å²) in [4.78, 5) is 2.31. The molecule has 0 saturated carbocycles. The van der Waals surface area contributed by atoms with Crippen molar-refractivity contribution in [2.45, 2.75) is 31.6 Å². The molecule has 0 atom stereocenters. The number of rotatable bonds is 8.